The highest BCUT2D eigenvalue weighted by Gasteiger charge is 2.12. The van der Waals surface area contributed by atoms with Crippen molar-refractivity contribution in [3.63, 3.8) is 0 Å². The number of rotatable bonds is 8. The first-order valence-electron chi connectivity index (χ1n) is 9.71. The molecule has 1 N–H and O–H groups in total. The fraction of sp³-hybridized carbons (Fsp3) is 0.120. The monoisotopic (exact) mass is 524 g/mol. The minimum absolute atomic E-state index is 0.000970. The van der Waals surface area contributed by atoms with Gasteiger partial charge in [-0.25, -0.2) is 0 Å². The van der Waals surface area contributed by atoms with Crippen LogP contribution >= 0.6 is 22.6 Å². The third kappa shape index (κ3) is 6.59. The van der Waals surface area contributed by atoms with Gasteiger partial charge < -0.3 is 14.8 Å². The van der Waals surface area contributed by atoms with Gasteiger partial charge >= 0.3 is 0 Å². The molecule has 0 unspecified atom stereocenters. The van der Waals surface area contributed by atoms with Crippen molar-refractivity contribution in [3.8, 4) is 17.6 Å². The van der Waals surface area contributed by atoms with E-state index in [0.717, 1.165) is 9.13 Å². The predicted octanol–water partition coefficient (Wildman–Crippen LogP) is 5.81. The Morgan fingerprint density at radius 2 is 1.77 bits per heavy atom. The molecule has 0 spiro atoms. The number of carbonyl (C=O) groups is 1. The van der Waals surface area contributed by atoms with Gasteiger partial charge in [0.25, 0.3) is 5.91 Å². The first kappa shape index (κ1) is 22.4. The lowest BCUT2D eigenvalue weighted by Gasteiger charge is -2.13. The van der Waals surface area contributed by atoms with Crippen LogP contribution in [0.4, 0.5) is 5.69 Å². The summed E-state index contributed by atoms with van der Waals surface area (Å²) in [5.41, 5.74) is 2.35. The number of nitrogens with zero attached hydrogens (tertiary/aromatic N) is 1. The molecule has 0 heterocycles. The summed E-state index contributed by atoms with van der Waals surface area (Å²) in [5, 5.41) is 12.2. The van der Waals surface area contributed by atoms with E-state index in [4.69, 9.17) is 9.47 Å². The Hall–Kier alpha value is -3.31. The average Bonchev–Trinajstić information content (AvgIpc) is 2.79. The zero-order valence-corrected chi connectivity index (χ0v) is 19.1. The second kappa shape index (κ2) is 11.2. The first-order chi connectivity index (χ1) is 15.1. The SMILES string of the molecule is CCOc1cc(/C=C(/C#N)C(=O)Nc2ccc(I)cc2)ccc1OCc1ccccc1. The molecule has 0 saturated carbocycles. The number of ether oxygens (including phenoxy) is 2. The third-order valence-electron chi connectivity index (χ3n) is 4.28. The summed E-state index contributed by atoms with van der Waals surface area (Å²) < 4.78 is 12.7. The van der Waals surface area contributed by atoms with Crippen LogP contribution in [0.1, 0.15) is 18.1 Å². The number of amides is 1. The summed E-state index contributed by atoms with van der Waals surface area (Å²) in [6.45, 7) is 2.77. The maximum Gasteiger partial charge on any atom is 0.266 e. The Bertz CT molecular complexity index is 1100. The average molecular weight is 524 g/mol. The molecule has 0 saturated heterocycles. The maximum absolute atomic E-state index is 12.5. The highest BCUT2D eigenvalue weighted by atomic mass is 127. The molecule has 1 amide bonds. The molecule has 0 aliphatic carbocycles. The van der Waals surface area contributed by atoms with Crippen molar-refractivity contribution in [1.29, 1.82) is 5.26 Å². The molecule has 31 heavy (non-hydrogen) atoms. The van der Waals surface area contributed by atoms with Gasteiger partial charge in [0.1, 0.15) is 18.2 Å². The molecule has 3 rings (SSSR count). The zero-order valence-electron chi connectivity index (χ0n) is 17.0. The highest BCUT2D eigenvalue weighted by molar-refractivity contribution is 14.1. The van der Waals surface area contributed by atoms with Crippen molar-refractivity contribution in [1.82, 2.24) is 0 Å². The largest absolute Gasteiger partial charge is 0.490 e. The fourth-order valence-electron chi connectivity index (χ4n) is 2.78. The van der Waals surface area contributed by atoms with E-state index in [1.807, 2.05) is 55.5 Å². The standard InChI is InChI=1S/C25H21IN2O3/c1-2-30-24-15-19(8-13-23(24)31-17-18-6-4-3-5-7-18)14-20(16-27)25(29)28-22-11-9-21(26)10-12-22/h3-15H,2,17H2,1H3,(H,28,29)/b20-14-. The number of benzene rings is 3. The summed E-state index contributed by atoms with van der Waals surface area (Å²) >= 11 is 2.19. The second-order valence-corrected chi connectivity index (χ2v) is 7.79. The Balaban J connectivity index is 1.77. The van der Waals surface area contributed by atoms with Crippen LogP contribution in [0.25, 0.3) is 6.08 Å². The number of anilines is 1. The number of hydrogen-bond acceptors (Lipinski definition) is 4. The number of hydrogen-bond donors (Lipinski definition) is 1. The van der Waals surface area contributed by atoms with Crippen molar-refractivity contribution in [3.05, 3.63) is 93.1 Å². The second-order valence-electron chi connectivity index (χ2n) is 6.54. The van der Waals surface area contributed by atoms with Crippen LogP contribution < -0.4 is 14.8 Å². The minimum atomic E-state index is -0.467. The molecular weight excluding hydrogens is 503 g/mol. The molecule has 0 aliphatic heterocycles. The molecule has 0 atom stereocenters. The number of halogens is 1. The van der Waals surface area contributed by atoms with Gasteiger partial charge in [0, 0.05) is 9.26 Å². The van der Waals surface area contributed by atoms with Gasteiger partial charge in [-0.15, -0.1) is 0 Å². The topological polar surface area (TPSA) is 71.3 Å². The summed E-state index contributed by atoms with van der Waals surface area (Å²) in [4.78, 5) is 12.5. The summed E-state index contributed by atoms with van der Waals surface area (Å²) in [5.74, 6) is 0.693. The van der Waals surface area contributed by atoms with Gasteiger partial charge in [0.2, 0.25) is 0 Å². The van der Waals surface area contributed by atoms with Gasteiger partial charge in [0.05, 0.1) is 6.61 Å². The van der Waals surface area contributed by atoms with E-state index < -0.39 is 5.91 Å². The van der Waals surface area contributed by atoms with E-state index in [2.05, 4.69) is 27.9 Å². The molecule has 3 aromatic carbocycles. The molecular formula is C25H21IN2O3. The van der Waals surface area contributed by atoms with E-state index in [9.17, 15) is 10.1 Å². The van der Waals surface area contributed by atoms with Crippen molar-refractivity contribution >= 4 is 40.3 Å². The highest BCUT2D eigenvalue weighted by Crippen LogP contribution is 2.30. The van der Waals surface area contributed by atoms with Crippen molar-refractivity contribution in [2.24, 2.45) is 0 Å². The third-order valence-corrected chi connectivity index (χ3v) is 5.00. The maximum atomic E-state index is 12.5. The number of nitriles is 1. The molecule has 6 heteroatoms. The smallest absolute Gasteiger partial charge is 0.266 e. The van der Waals surface area contributed by atoms with Gasteiger partial charge in [-0.1, -0.05) is 36.4 Å². The molecule has 0 radical (unpaired) electrons. The Morgan fingerprint density at radius 3 is 2.45 bits per heavy atom. The fourth-order valence-corrected chi connectivity index (χ4v) is 3.14. The zero-order chi connectivity index (χ0) is 22.1. The van der Waals surface area contributed by atoms with Crippen LogP contribution in [0, 0.1) is 14.9 Å². The van der Waals surface area contributed by atoms with Gasteiger partial charge in [-0.3, -0.25) is 4.79 Å². The van der Waals surface area contributed by atoms with Gasteiger partial charge in [0.15, 0.2) is 11.5 Å². The van der Waals surface area contributed by atoms with Crippen LogP contribution in [0.5, 0.6) is 11.5 Å². The summed E-state index contributed by atoms with van der Waals surface area (Å²) in [7, 11) is 0. The van der Waals surface area contributed by atoms with Crippen molar-refractivity contribution < 1.29 is 14.3 Å². The summed E-state index contributed by atoms with van der Waals surface area (Å²) in [6.07, 6.45) is 1.53. The van der Waals surface area contributed by atoms with E-state index in [-0.39, 0.29) is 5.57 Å². The Labute approximate surface area is 195 Å². The van der Waals surface area contributed by atoms with Crippen LogP contribution in [0.2, 0.25) is 0 Å². The van der Waals surface area contributed by atoms with Crippen LogP contribution in [-0.2, 0) is 11.4 Å². The lowest BCUT2D eigenvalue weighted by Crippen LogP contribution is -2.13. The minimum Gasteiger partial charge on any atom is -0.490 e. The molecule has 0 aromatic heterocycles. The molecule has 0 bridgehead atoms. The lowest BCUT2D eigenvalue weighted by molar-refractivity contribution is -0.112. The molecule has 0 fully saturated rings. The Kier molecular flexibility index (Phi) is 8.07. The van der Waals surface area contributed by atoms with E-state index in [1.165, 1.54) is 6.08 Å². The molecule has 5 nitrogen and oxygen atoms in total. The van der Waals surface area contributed by atoms with Crippen molar-refractivity contribution in [2.75, 3.05) is 11.9 Å². The normalized spacial score (nSPS) is 10.8. The molecule has 0 aliphatic rings. The van der Waals surface area contributed by atoms with Gasteiger partial charge in [-0.05, 0) is 83.1 Å². The lowest BCUT2D eigenvalue weighted by atomic mass is 10.1. The van der Waals surface area contributed by atoms with Crippen LogP contribution in [0.15, 0.2) is 78.4 Å². The van der Waals surface area contributed by atoms with Crippen molar-refractivity contribution in [2.45, 2.75) is 13.5 Å². The molecule has 156 valence electrons. The van der Waals surface area contributed by atoms with Crippen LogP contribution in [0.3, 0.4) is 0 Å². The van der Waals surface area contributed by atoms with E-state index in [1.54, 1.807) is 30.3 Å². The molecule has 3 aromatic rings. The predicted molar refractivity (Wildman–Crippen MR) is 130 cm³/mol. The van der Waals surface area contributed by atoms with Gasteiger partial charge in [-0.2, -0.15) is 5.26 Å². The first-order valence-corrected chi connectivity index (χ1v) is 10.8. The van der Waals surface area contributed by atoms with E-state index in [0.29, 0.717) is 36.0 Å². The Morgan fingerprint density at radius 1 is 1.03 bits per heavy atom. The quantitative estimate of drug-likeness (QED) is 0.229. The van der Waals surface area contributed by atoms with Crippen LogP contribution in [-0.4, -0.2) is 12.5 Å². The number of carbonyl (C=O) groups excluding carboxylic acids is 1. The number of nitrogens with one attached hydrogen (secondary N) is 1. The van der Waals surface area contributed by atoms with E-state index >= 15 is 0 Å². The summed E-state index contributed by atoms with van der Waals surface area (Å²) in [6, 6.07) is 24.5.